The number of amides is 2. The molecule has 36 heavy (non-hydrogen) atoms. The fourth-order valence-corrected chi connectivity index (χ4v) is 4.40. The molecule has 182 valence electrons. The Labute approximate surface area is 208 Å². The molecule has 0 atom stereocenters. The number of carbonyl (C=O) groups is 2. The maximum absolute atomic E-state index is 13.1. The molecule has 0 fully saturated rings. The number of carbonyl (C=O) groups excluding carboxylic acids is 2. The summed E-state index contributed by atoms with van der Waals surface area (Å²) in [4.78, 5) is 30.3. The van der Waals surface area contributed by atoms with Crippen LogP contribution in [-0.4, -0.2) is 29.1 Å². The Balaban J connectivity index is 1.37. The molecule has 5 rings (SSSR count). The maximum atomic E-state index is 13.1. The van der Waals surface area contributed by atoms with Crippen LogP contribution in [0.4, 0.5) is 5.69 Å². The number of nitrogens with zero attached hydrogens (tertiary/aromatic N) is 2. The highest BCUT2D eigenvalue weighted by molar-refractivity contribution is 6.10. The molecule has 0 saturated carbocycles. The van der Waals surface area contributed by atoms with Crippen LogP contribution in [-0.2, 0) is 6.42 Å². The summed E-state index contributed by atoms with van der Waals surface area (Å²) in [7, 11) is 0. The molecule has 0 saturated heterocycles. The number of hydrazone groups is 1. The van der Waals surface area contributed by atoms with Crippen LogP contribution in [0.1, 0.15) is 57.7 Å². The largest absolute Gasteiger partial charge is 0.492 e. The summed E-state index contributed by atoms with van der Waals surface area (Å²) in [5, 5.41) is 8.25. The van der Waals surface area contributed by atoms with E-state index in [1.807, 2.05) is 56.3 Å². The smallest absolute Gasteiger partial charge is 0.291 e. The SMILES string of the molecule is CCOc1ccccc1NC(=O)c1oc2c(c1C)/C(=N/NC(=O)c1ccc3ccccc3n1)CCC2. The molecular formula is C28H26N4O4. The molecule has 0 bridgehead atoms. The van der Waals surface area contributed by atoms with Gasteiger partial charge in [0.15, 0.2) is 5.76 Å². The van der Waals surface area contributed by atoms with Gasteiger partial charge in [-0.3, -0.25) is 9.59 Å². The Morgan fingerprint density at radius 3 is 2.69 bits per heavy atom. The van der Waals surface area contributed by atoms with Gasteiger partial charge in [0.1, 0.15) is 17.2 Å². The van der Waals surface area contributed by atoms with Crippen LogP contribution in [0.3, 0.4) is 0 Å². The first kappa shape index (κ1) is 23.3. The summed E-state index contributed by atoms with van der Waals surface area (Å²) in [6, 6.07) is 18.4. The topological polar surface area (TPSA) is 106 Å². The Bertz CT molecular complexity index is 1490. The molecule has 2 amide bonds. The van der Waals surface area contributed by atoms with Crippen molar-refractivity contribution in [2.24, 2.45) is 5.10 Å². The van der Waals surface area contributed by atoms with Crippen molar-refractivity contribution < 1.29 is 18.7 Å². The van der Waals surface area contributed by atoms with E-state index in [1.54, 1.807) is 18.2 Å². The van der Waals surface area contributed by atoms with Crippen LogP contribution < -0.4 is 15.5 Å². The summed E-state index contributed by atoms with van der Waals surface area (Å²) < 4.78 is 11.6. The molecule has 0 spiro atoms. The molecule has 1 aliphatic carbocycles. The Hall–Kier alpha value is -4.46. The van der Waals surface area contributed by atoms with Gasteiger partial charge in [0.25, 0.3) is 11.8 Å². The number of anilines is 1. The molecule has 2 N–H and O–H groups in total. The standard InChI is InChI=1S/C28H26N4O4/c1-3-35-23-13-7-6-11-20(23)30-28(34)26-17(2)25-21(12-8-14-24(25)36-26)31-32-27(33)22-16-15-18-9-4-5-10-19(18)29-22/h4-7,9-11,13,15-16H,3,8,12,14H2,1-2H3,(H,30,34)(H,32,33)/b31-21+. The summed E-state index contributed by atoms with van der Waals surface area (Å²) in [5.74, 6) is 0.752. The molecule has 8 nitrogen and oxygen atoms in total. The molecule has 2 aromatic heterocycles. The van der Waals surface area contributed by atoms with Gasteiger partial charge in [0, 0.05) is 22.9 Å². The number of para-hydroxylation sites is 3. The van der Waals surface area contributed by atoms with Crippen LogP contribution >= 0.6 is 0 Å². The maximum Gasteiger partial charge on any atom is 0.291 e. The van der Waals surface area contributed by atoms with Gasteiger partial charge < -0.3 is 14.5 Å². The number of rotatable bonds is 6. The normalized spacial score (nSPS) is 13.9. The Morgan fingerprint density at radius 1 is 1.03 bits per heavy atom. The second kappa shape index (κ2) is 10.0. The van der Waals surface area contributed by atoms with Gasteiger partial charge in [-0.2, -0.15) is 5.10 Å². The number of aromatic nitrogens is 1. The fourth-order valence-electron chi connectivity index (χ4n) is 4.40. The number of benzene rings is 2. The lowest BCUT2D eigenvalue weighted by atomic mass is 9.93. The second-order valence-electron chi connectivity index (χ2n) is 8.48. The number of aryl methyl sites for hydroxylation is 1. The lowest BCUT2D eigenvalue weighted by molar-refractivity contribution is 0.0949. The van der Waals surface area contributed by atoms with Gasteiger partial charge in [-0.05, 0) is 51.0 Å². The average molecular weight is 483 g/mol. The summed E-state index contributed by atoms with van der Waals surface area (Å²) >= 11 is 0. The van der Waals surface area contributed by atoms with Crippen molar-refractivity contribution in [3.8, 4) is 5.75 Å². The fraction of sp³-hybridized carbons (Fsp3) is 0.214. The van der Waals surface area contributed by atoms with E-state index in [9.17, 15) is 9.59 Å². The highest BCUT2D eigenvalue weighted by atomic mass is 16.5. The van der Waals surface area contributed by atoms with Crippen molar-refractivity contribution in [3.05, 3.63) is 89.0 Å². The highest BCUT2D eigenvalue weighted by Gasteiger charge is 2.28. The Morgan fingerprint density at radius 2 is 1.83 bits per heavy atom. The molecular weight excluding hydrogens is 456 g/mol. The minimum atomic E-state index is -0.396. The minimum Gasteiger partial charge on any atom is -0.492 e. The number of furan rings is 1. The van der Waals surface area contributed by atoms with E-state index in [0.29, 0.717) is 47.9 Å². The van der Waals surface area contributed by atoms with Crippen LogP contribution in [0.5, 0.6) is 5.75 Å². The van der Waals surface area contributed by atoms with E-state index in [0.717, 1.165) is 22.9 Å². The first-order chi connectivity index (χ1) is 17.5. The summed E-state index contributed by atoms with van der Waals surface area (Å²) in [6.07, 6.45) is 2.16. The molecule has 0 radical (unpaired) electrons. The van der Waals surface area contributed by atoms with Gasteiger partial charge in [-0.25, -0.2) is 10.4 Å². The second-order valence-corrected chi connectivity index (χ2v) is 8.48. The molecule has 2 aromatic carbocycles. The summed E-state index contributed by atoms with van der Waals surface area (Å²) in [6.45, 7) is 4.21. The molecule has 4 aromatic rings. The van der Waals surface area contributed by atoms with Crippen molar-refractivity contribution in [1.29, 1.82) is 0 Å². The van der Waals surface area contributed by atoms with Gasteiger partial charge in [-0.1, -0.05) is 36.4 Å². The zero-order chi connectivity index (χ0) is 25.1. The monoisotopic (exact) mass is 482 g/mol. The van der Waals surface area contributed by atoms with Crippen molar-refractivity contribution in [2.75, 3.05) is 11.9 Å². The van der Waals surface area contributed by atoms with E-state index in [1.165, 1.54) is 0 Å². The zero-order valence-corrected chi connectivity index (χ0v) is 20.1. The number of nitrogens with one attached hydrogen (secondary N) is 2. The third-order valence-corrected chi connectivity index (χ3v) is 6.09. The molecule has 2 heterocycles. The first-order valence-electron chi connectivity index (χ1n) is 11.9. The van der Waals surface area contributed by atoms with Crippen molar-refractivity contribution >= 4 is 34.1 Å². The lowest BCUT2D eigenvalue weighted by Gasteiger charge is -2.13. The number of fused-ring (bicyclic) bond motifs is 2. The van der Waals surface area contributed by atoms with Gasteiger partial charge in [0.05, 0.1) is 23.5 Å². The van der Waals surface area contributed by atoms with Crippen LogP contribution in [0, 0.1) is 6.92 Å². The van der Waals surface area contributed by atoms with E-state index in [2.05, 4.69) is 20.8 Å². The highest BCUT2D eigenvalue weighted by Crippen LogP contribution is 2.31. The average Bonchev–Trinajstić information content (AvgIpc) is 3.25. The van der Waals surface area contributed by atoms with E-state index >= 15 is 0 Å². The number of hydrogen-bond acceptors (Lipinski definition) is 6. The predicted molar refractivity (Wildman–Crippen MR) is 138 cm³/mol. The van der Waals surface area contributed by atoms with E-state index in [4.69, 9.17) is 9.15 Å². The number of ether oxygens (including phenoxy) is 1. The van der Waals surface area contributed by atoms with Crippen molar-refractivity contribution in [2.45, 2.75) is 33.1 Å². The molecule has 0 aliphatic heterocycles. The number of hydrogen-bond donors (Lipinski definition) is 2. The lowest BCUT2D eigenvalue weighted by Crippen LogP contribution is -2.23. The van der Waals surface area contributed by atoms with Gasteiger partial charge >= 0.3 is 0 Å². The molecule has 0 unspecified atom stereocenters. The number of pyridine rings is 1. The predicted octanol–water partition coefficient (Wildman–Crippen LogP) is 5.26. The van der Waals surface area contributed by atoms with Crippen LogP contribution in [0.15, 0.2) is 70.2 Å². The summed E-state index contributed by atoms with van der Waals surface area (Å²) in [5.41, 5.74) is 6.37. The van der Waals surface area contributed by atoms with Gasteiger partial charge in [0.2, 0.25) is 0 Å². The third kappa shape index (κ3) is 4.57. The quantitative estimate of drug-likeness (QED) is 0.365. The van der Waals surface area contributed by atoms with Crippen molar-refractivity contribution in [1.82, 2.24) is 10.4 Å². The third-order valence-electron chi connectivity index (χ3n) is 6.09. The van der Waals surface area contributed by atoms with E-state index < -0.39 is 5.91 Å². The van der Waals surface area contributed by atoms with Crippen LogP contribution in [0.2, 0.25) is 0 Å². The van der Waals surface area contributed by atoms with Crippen molar-refractivity contribution in [3.63, 3.8) is 0 Å². The van der Waals surface area contributed by atoms with Gasteiger partial charge in [-0.15, -0.1) is 0 Å². The van der Waals surface area contributed by atoms with Crippen LogP contribution in [0.25, 0.3) is 10.9 Å². The molecule has 8 heteroatoms. The first-order valence-corrected chi connectivity index (χ1v) is 11.9. The minimum absolute atomic E-state index is 0.225. The van der Waals surface area contributed by atoms with E-state index in [-0.39, 0.29) is 17.4 Å². The molecule has 1 aliphatic rings. The zero-order valence-electron chi connectivity index (χ0n) is 20.1. The Kier molecular flexibility index (Phi) is 6.49.